The van der Waals surface area contributed by atoms with Gasteiger partial charge in [0.1, 0.15) is 5.75 Å². The summed E-state index contributed by atoms with van der Waals surface area (Å²) in [4.78, 5) is 20.2. The Morgan fingerprint density at radius 1 is 1.00 bits per heavy atom. The first-order chi connectivity index (χ1) is 20.4. The van der Waals surface area contributed by atoms with Crippen molar-refractivity contribution in [2.24, 2.45) is 0 Å². The third-order valence-corrected chi connectivity index (χ3v) is 8.31. The number of benzene rings is 3. The minimum Gasteiger partial charge on any atom is -0.497 e. The van der Waals surface area contributed by atoms with Crippen LogP contribution in [-0.4, -0.2) is 90.9 Å². The number of ether oxygens (including phenoxy) is 1. The molecule has 2 aliphatic rings. The molecule has 0 aromatic heterocycles. The van der Waals surface area contributed by atoms with E-state index in [0.29, 0.717) is 19.1 Å². The van der Waals surface area contributed by atoms with Gasteiger partial charge in [0.25, 0.3) is 0 Å². The molecule has 0 saturated carbocycles. The van der Waals surface area contributed by atoms with Crippen molar-refractivity contribution in [2.45, 2.75) is 43.9 Å². The summed E-state index contributed by atoms with van der Waals surface area (Å²) in [6.07, 6.45) is 1.63. The molecule has 2 saturated heterocycles. The summed E-state index contributed by atoms with van der Waals surface area (Å²) in [6, 6.07) is 26.6. The van der Waals surface area contributed by atoms with E-state index in [2.05, 4.69) is 58.3 Å². The van der Waals surface area contributed by atoms with Gasteiger partial charge in [-0.1, -0.05) is 42.2 Å². The molecule has 2 N–H and O–H groups in total. The van der Waals surface area contributed by atoms with Crippen molar-refractivity contribution in [3.63, 3.8) is 0 Å². The second-order valence-corrected chi connectivity index (χ2v) is 11.5. The van der Waals surface area contributed by atoms with Gasteiger partial charge in [0.2, 0.25) is 0 Å². The number of urea groups is 1. The van der Waals surface area contributed by atoms with Gasteiger partial charge >= 0.3 is 6.03 Å². The molecule has 2 heterocycles. The van der Waals surface area contributed by atoms with E-state index in [1.165, 1.54) is 5.56 Å². The molecule has 0 spiro atoms. The fourth-order valence-corrected chi connectivity index (χ4v) is 6.30. The van der Waals surface area contributed by atoms with Crippen LogP contribution in [0.5, 0.6) is 5.75 Å². The fraction of sp³-hybridized carbons (Fsp3) is 0.400. The van der Waals surface area contributed by atoms with Crippen molar-refractivity contribution < 1.29 is 14.6 Å². The molecule has 0 bridgehead atoms. The lowest BCUT2D eigenvalue weighted by Crippen LogP contribution is -2.69. The van der Waals surface area contributed by atoms with Crippen LogP contribution >= 0.6 is 0 Å². The van der Waals surface area contributed by atoms with Crippen molar-refractivity contribution in [3.8, 4) is 17.6 Å². The molecule has 3 aromatic rings. The van der Waals surface area contributed by atoms with Gasteiger partial charge in [-0.15, -0.1) is 0 Å². The number of aliphatic hydroxyl groups is 1. The number of fused-ring (bicyclic) bond motifs is 1. The molecule has 7 nitrogen and oxygen atoms in total. The molecule has 3 aromatic carbocycles. The predicted octanol–water partition coefficient (Wildman–Crippen LogP) is 4.87. The molecule has 4 atom stereocenters. The van der Waals surface area contributed by atoms with Crippen molar-refractivity contribution in [2.75, 3.05) is 52.2 Å². The number of nitrogens with zero attached hydrogens (tertiary/aromatic N) is 3. The number of methoxy groups -OCH3 is 1. The number of amides is 2. The van der Waals surface area contributed by atoms with Gasteiger partial charge in [-0.3, -0.25) is 4.90 Å². The van der Waals surface area contributed by atoms with E-state index in [-0.39, 0.29) is 24.1 Å². The standard InChI is InChI=1S/C35H42N4O3/c1-26(40)23-37(2)24-32-34(29-15-13-28(14-16-29)12-11-27-9-5-4-6-10-27)33-25-38(21-7-8-22-39(32)33)35(41)36-30-17-19-31(42-3)20-18-30/h4-6,9-10,13-20,26,32-34,40H,7-8,21-25H2,1-3H3,(H,36,41). The Labute approximate surface area is 250 Å². The SMILES string of the molecule is COc1ccc(NC(=O)N2CCCCN3C(CN(C)CC(C)O)C(c4ccc(C#Cc5ccccc5)cc4)C3C2)cc1. The van der Waals surface area contributed by atoms with Gasteiger partial charge in [-0.2, -0.15) is 0 Å². The Morgan fingerprint density at radius 2 is 1.67 bits per heavy atom. The monoisotopic (exact) mass is 566 g/mol. The second-order valence-electron chi connectivity index (χ2n) is 11.5. The Hall–Kier alpha value is -3.83. The van der Waals surface area contributed by atoms with Crippen LogP contribution in [0.15, 0.2) is 78.9 Å². The largest absolute Gasteiger partial charge is 0.497 e. The maximum absolute atomic E-state index is 13.4. The zero-order chi connectivity index (χ0) is 29.5. The summed E-state index contributed by atoms with van der Waals surface area (Å²) in [5, 5.41) is 13.1. The highest BCUT2D eigenvalue weighted by molar-refractivity contribution is 5.89. The number of hydrogen-bond acceptors (Lipinski definition) is 5. The molecule has 2 aliphatic heterocycles. The van der Waals surface area contributed by atoms with E-state index in [4.69, 9.17) is 4.74 Å². The highest BCUT2D eigenvalue weighted by Crippen LogP contribution is 2.42. The summed E-state index contributed by atoms with van der Waals surface area (Å²) in [7, 11) is 3.72. The number of anilines is 1. The minimum atomic E-state index is -0.378. The van der Waals surface area contributed by atoms with Gasteiger partial charge in [0, 0.05) is 61.0 Å². The number of rotatable bonds is 7. The molecule has 0 aliphatic carbocycles. The molecule has 5 rings (SSSR count). The van der Waals surface area contributed by atoms with Crippen LogP contribution in [0.3, 0.4) is 0 Å². The second kappa shape index (κ2) is 13.9. The van der Waals surface area contributed by atoms with Crippen LogP contribution in [0.1, 0.15) is 42.4 Å². The first-order valence-electron chi connectivity index (χ1n) is 14.9. The quantitative estimate of drug-likeness (QED) is 0.400. The molecule has 220 valence electrons. The zero-order valence-corrected chi connectivity index (χ0v) is 24.9. The number of aliphatic hydroxyl groups excluding tert-OH is 1. The lowest BCUT2D eigenvalue weighted by molar-refractivity contribution is -0.0497. The number of likely N-dealkylation sites (N-methyl/N-ethyl adjacent to an activating group) is 1. The van der Waals surface area contributed by atoms with Crippen molar-refractivity contribution >= 4 is 11.7 Å². The molecular weight excluding hydrogens is 524 g/mol. The first-order valence-corrected chi connectivity index (χ1v) is 14.9. The maximum atomic E-state index is 13.4. The number of carbonyl (C=O) groups is 1. The van der Waals surface area contributed by atoms with E-state index in [0.717, 1.165) is 55.0 Å². The first kappa shape index (κ1) is 29.7. The summed E-state index contributed by atoms with van der Waals surface area (Å²) in [5.74, 6) is 7.57. The third kappa shape index (κ3) is 7.32. The van der Waals surface area contributed by atoms with Crippen molar-refractivity contribution in [1.82, 2.24) is 14.7 Å². The van der Waals surface area contributed by atoms with E-state index in [9.17, 15) is 9.90 Å². The van der Waals surface area contributed by atoms with Gasteiger partial charge in [-0.25, -0.2) is 4.79 Å². The van der Waals surface area contributed by atoms with Crippen LogP contribution in [0.2, 0.25) is 0 Å². The highest BCUT2D eigenvalue weighted by Gasteiger charge is 2.50. The average Bonchev–Trinajstić information content (AvgIpc) is 2.98. The third-order valence-electron chi connectivity index (χ3n) is 8.31. The Bertz CT molecular complexity index is 1370. The molecule has 0 radical (unpaired) electrons. The normalized spacial score (nSPS) is 21.2. The summed E-state index contributed by atoms with van der Waals surface area (Å²) >= 11 is 0. The molecule has 4 unspecified atom stereocenters. The van der Waals surface area contributed by atoms with E-state index >= 15 is 0 Å². The van der Waals surface area contributed by atoms with Crippen LogP contribution in [0, 0.1) is 11.8 Å². The van der Waals surface area contributed by atoms with E-state index < -0.39 is 0 Å². The summed E-state index contributed by atoms with van der Waals surface area (Å²) in [5.41, 5.74) is 4.02. The fourth-order valence-electron chi connectivity index (χ4n) is 6.30. The van der Waals surface area contributed by atoms with E-state index in [1.807, 2.05) is 66.4 Å². The van der Waals surface area contributed by atoms with Crippen LogP contribution < -0.4 is 10.1 Å². The van der Waals surface area contributed by atoms with Crippen molar-refractivity contribution in [1.29, 1.82) is 0 Å². The van der Waals surface area contributed by atoms with Gasteiger partial charge in [0.05, 0.1) is 13.2 Å². The maximum Gasteiger partial charge on any atom is 0.321 e. The van der Waals surface area contributed by atoms with Gasteiger partial charge in [0.15, 0.2) is 0 Å². The Balaban J connectivity index is 1.35. The number of nitrogens with one attached hydrogen (secondary N) is 1. The minimum absolute atomic E-state index is 0.0676. The summed E-state index contributed by atoms with van der Waals surface area (Å²) in [6.45, 7) is 5.75. The van der Waals surface area contributed by atoms with Crippen LogP contribution in [0.25, 0.3) is 0 Å². The van der Waals surface area contributed by atoms with E-state index in [1.54, 1.807) is 7.11 Å². The van der Waals surface area contributed by atoms with Gasteiger partial charge in [-0.05, 0) is 87.5 Å². The van der Waals surface area contributed by atoms with Crippen molar-refractivity contribution in [3.05, 3.63) is 95.6 Å². The Kier molecular flexibility index (Phi) is 9.81. The molecule has 2 amide bonds. The number of carbonyl (C=O) groups excluding carboxylic acids is 1. The average molecular weight is 567 g/mol. The van der Waals surface area contributed by atoms with Crippen LogP contribution in [-0.2, 0) is 0 Å². The highest BCUT2D eigenvalue weighted by atomic mass is 16.5. The Morgan fingerprint density at radius 3 is 2.33 bits per heavy atom. The summed E-state index contributed by atoms with van der Waals surface area (Å²) < 4.78 is 5.25. The number of hydrogen-bond donors (Lipinski definition) is 2. The molecule has 2 fully saturated rings. The lowest BCUT2D eigenvalue weighted by atomic mass is 9.73. The molecule has 42 heavy (non-hydrogen) atoms. The lowest BCUT2D eigenvalue weighted by Gasteiger charge is -2.58. The van der Waals surface area contributed by atoms with Crippen LogP contribution in [0.4, 0.5) is 10.5 Å². The molecular formula is C35H42N4O3. The predicted molar refractivity (Wildman–Crippen MR) is 168 cm³/mol. The smallest absolute Gasteiger partial charge is 0.321 e. The zero-order valence-electron chi connectivity index (χ0n) is 24.9. The molecule has 7 heteroatoms. The topological polar surface area (TPSA) is 68.3 Å². The van der Waals surface area contributed by atoms with Gasteiger partial charge < -0.3 is 25.0 Å².